The molecule has 154 valence electrons. The van der Waals surface area contributed by atoms with Gasteiger partial charge in [0, 0.05) is 24.2 Å². The molecule has 7 heteroatoms. The van der Waals surface area contributed by atoms with Crippen LogP contribution >= 0.6 is 0 Å². The number of nitrogens with zero attached hydrogens (tertiary/aromatic N) is 3. The van der Waals surface area contributed by atoms with Crippen LogP contribution in [0.2, 0.25) is 0 Å². The molecule has 2 heterocycles. The Hall–Kier alpha value is -3.09. The zero-order valence-corrected chi connectivity index (χ0v) is 17.4. The van der Waals surface area contributed by atoms with Gasteiger partial charge in [0.1, 0.15) is 0 Å². The largest absolute Gasteiger partial charge is 0.490 e. The number of ether oxygens (including phenoxy) is 2. The maximum absolute atomic E-state index is 12.5. The van der Waals surface area contributed by atoms with E-state index in [2.05, 4.69) is 15.4 Å². The number of pyridine rings is 1. The number of carbonyl (C=O) groups is 1. The van der Waals surface area contributed by atoms with Gasteiger partial charge in [-0.1, -0.05) is 6.07 Å². The van der Waals surface area contributed by atoms with Crippen molar-refractivity contribution in [3.63, 3.8) is 0 Å². The fourth-order valence-electron chi connectivity index (χ4n) is 3.12. The Morgan fingerprint density at radius 3 is 2.59 bits per heavy atom. The molecule has 3 rings (SSSR count). The second kappa shape index (κ2) is 9.41. The standard InChI is InChI=1S/C22H28N4O3/c1-5-28-19-8-7-16(11-20(19)29-6-2)9-10-23-22(27)18-12-17-14-25-26(15(3)4)21(17)24-13-18/h7-8,11-15H,5-6,9-10H2,1-4H3,(H,23,27). The van der Waals surface area contributed by atoms with E-state index in [0.717, 1.165) is 28.1 Å². The van der Waals surface area contributed by atoms with Gasteiger partial charge in [-0.25, -0.2) is 9.67 Å². The maximum Gasteiger partial charge on any atom is 0.252 e. The smallest absolute Gasteiger partial charge is 0.252 e. The van der Waals surface area contributed by atoms with Crippen LogP contribution in [0.4, 0.5) is 0 Å². The average molecular weight is 396 g/mol. The predicted molar refractivity (Wildman–Crippen MR) is 113 cm³/mol. The Morgan fingerprint density at radius 1 is 1.10 bits per heavy atom. The highest BCUT2D eigenvalue weighted by molar-refractivity contribution is 5.96. The van der Waals surface area contributed by atoms with Gasteiger partial charge in [-0.3, -0.25) is 4.79 Å². The Balaban J connectivity index is 1.62. The van der Waals surface area contributed by atoms with Crippen LogP contribution in [0.25, 0.3) is 11.0 Å². The van der Waals surface area contributed by atoms with Crippen molar-refractivity contribution in [2.45, 2.75) is 40.2 Å². The lowest BCUT2D eigenvalue weighted by Crippen LogP contribution is -2.25. The molecular weight excluding hydrogens is 368 g/mol. The fourth-order valence-corrected chi connectivity index (χ4v) is 3.12. The van der Waals surface area contributed by atoms with E-state index in [1.165, 1.54) is 0 Å². The van der Waals surface area contributed by atoms with Crippen LogP contribution in [0, 0.1) is 0 Å². The van der Waals surface area contributed by atoms with Crippen LogP contribution in [0.3, 0.4) is 0 Å². The Labute approximate surface area is 171 Å². The van der Waals surface area contributed by atoms with E-state index in [0.29, 0.717) is 31.7 Å². The molecule has 0 radical (unpaired) electrons. The molecule has 7 nitrogen and oxygen atoms in total. The number of carbonyl (C=O) groups excluding carboxylic acids is 1. The molecule has 3 aromatic rings. The van der Waals surface area contributed by atoms with Gasteiger partial charge in [-0.05, 0) is 57.9 Å². The van der Waals surface area contributed by atoms with Crippen LogP contribution < -0.4 is 14.8 Å². The first-order valence-electron chi connectivity index (χ1n) is 10.0. The minimum absolute atomic E-state index is 0.146. The van der Waals surface area contributed by atoms with Gasteiger partial charge in [0.15, 0.2) is 17.1 Å². The summed E-state index contributed by atoms with van der Waals surface area (Å²) in [4.78, 5) is 16.9. The second-order valence-corrected chi connectivity index (χ2v) is 6.97. The normalized spacial score (nSPS) is 11.1. The topological polar surface area (TPSA) is 78.3 Å². The van der Waals surface area contributed by atoms with Gasteiger partial charge in [0.2, 0.25) is 0 Å². The van der Waals surface area contributed by atoms with Crippen LogP contribution in [0.1, 0.15) is 49.7 Å². The molecule has 0 aliphatic rings. The third-order valence-corrected chi connectivity index (χ3v) is 4.49. The molecular formula is C22H28N4O3. The molecule has 0 saturated heterocycles. The van der Waals surface area contributed by atoms with Gasteiger partial charge in [0.05, 0.1) is 25.0 Å². The van der Waals surface area contributed by atoms with Gasteiger partial charge in [0.25, 0.3) is 5.91 Å². The van der Waals surface area contributed by atoms with E-state index >= 15 is 0 Å². The first-order valence-corrected chi connectivity index (χ1v) is 10.0. The third kappa shape index (κ3) is 4.85. The molecule has 1 amide bonds. The molecule has 0 bridgehead atoms. The van der Waals surface area contributed by atoms with E-state index in [1.807, 2.05) is 56.6 Å². The predicted octanol–water partition coefficient (Wildman–Crippen LogP) is 3.78. The van der Waals surface area contributed by atoms with Crippen molar-refractivity contribution in [3.8, 4) is 11.5 Å². The van der Waals surface area contributed by atoms with Crippen molar-refractivity contribution in [1.82, 2.24) is 20.1 Å². The first-order chi connectivity index (χ1) is 14.0. The molecule has 0 saturated carbocycles. The summed E-state index contributed by atoms with van der Waals surface area (Å²) in [6.45, 7) is 9.66. The van der Waals surface area contributed by atoms with E-state index in [9.17, 15) is 4.79 Å². The van der Waals surface area contributed by atoms with E-state index in [-0.39, 0.29) is 11.9 Å². The van der Waals surface area contributed by atoms with Gasteiger partial charge in [-0.2, -0.15) is 5.10 Å². The lowest BCUT2D eigenvalue weighted by molar-refractivity contribution is 0.0954. The summed E-state index contributed by atoms with van der Waals surface area (Å²) < 4.78 is 13.1. The summed E-state index contributed by atoms with van der Waals surface area (Å²) in [6, 6.07) is 7.92. The SMILES string of the molecule is CCOc1ccc(CCNC(=O)c2cnc3c(cnn3C(C)C)c2)cc1OCC. The van der Waals surface area contributed by atoms with Crippen LogP contribution in [-0.2, 0) is 6.42 Å². The third-order valence-electron chi connectivity index (χ3n) is 4.49. The minimum atomic E-state index is -0.146. The van der Waals surface area contributed by atoms with Crippen molar-refractivity contribution in [2.24, 2.45) is 0 Å². The molecule has 2 aromatic heterocycles. The van der Waals surface area contributed by atoms with E-state index in [1.54, 1.807) is 12.4 Å². The highest BCUT2D eigenvalue weighted by atomic mass is 16.5. The van der Waals surface area contributed by atoms with Crippen LogP contribution in [-0.4, -0.2) is 40.4 Å². The van der Waals surface area contributed by atoms with Crippen molar-refractivity contribution < 1.29 is 14.3 Å². The van der Waals surface area contributed by atoms with Gasteiger partial charge >= 0.3 is 0 Å². The minimum Gasteiger partial charge on any atom is -0.490 e. The molecule has 1 N–H and O–H groups in total. The monoisotopic (exact) mass is 396 g/mol. The molecule has 0 fully saturated rings. The summed E-state index contributed by atoms with van der Waals surface area (Å²) in [6.07, 6.45) is 4.04. The summed E-state index contributed by atoms with van der Waals surface area (Å²) in [7, 11) is 0. The van der Waals surface area contributed by atoms with Crippen molar-refractivity contribution >= 4 is 16.9 Å². The van der Waals surface area contributed by atoms with Crippen LogP contribution in [0.5, 0.6) is 11.5 Å². The Bertz CT molecular complexity index is 981. The van der Waals surface area contributed by atoms with Crippen LogP contribution in [0.15, 0.2) is 36.7 Å². The zero-order valence-electron chi connectivity index (χ0n) is 17.4. The maximum atomic E-state index is 12.5. The highest BCUT2D eigenvalue weighted by Crippen LogP contribution is 2.28. The van der Waals surface area contributed by atoms with Crippen molar-refractivity contribution in [1.29, 1.82) is 0 Å². The van der Waals surface area contributed by atoms with Crippen molar-refractivity contribution in [3.05, 3.63) is 47.8 Å². The highest BCUT2D eigenvalue weighted by Gasteiger charge is 2.12. The number of fused-ring (bicyclic) bond motifs is 1. The molecule has 0 unspecified atom stereocenters. The fraction of sp³-hybridized carbons (Fsp3) is 0.409. The number of benzene rings is 1. The summed E-state index contributed by atoms with van der Waals surface area (Å²) in [5, 5.41) is 8.16. The number of hydrogen-bond donors (Lipinski definition) is 1. The Kier molecular flexibility index (Phi) is 6.69. The molecule has 0 aliphatic carbocycles. The van der Waals surface area contributed by atoms with Crippen molar-refractivity contribution in [2.75, 3.05) is 19.8 Å². The lowest BCUT2D eigenvalue weighted by Gasteiger charge is -2.12. The molecule has 0 spiro atoms. The average Bonchev–Trinajstić information content (AvgIpc) is 3.13. The summed E-state index contributed by atoms with van der Waals surface area (Å²) in [5.74, 6) is 1.33. The number of nitrogens with one attached hydrogen (secondary N) is 1. The Morgan fingerprint density at radius 2 is 1.86 bits per heavy atom. The molecule has 0 atom stereocenters. The summed E-state index contributed by atoms with van der Waals surface area (Å²) in [5.41, 5.74) is 2.39. The number of rotatable bonds is 9. The quantitative estimate of drug-likeness (QED) is 0.595. The number of amides is 1. The van der Waals surface area contributed by atoms with E-state index in [4.69, 9.17) is 9.47 Å². The van der Waals surface area contributed by atoms with E-state index < -0.39 is 0 Å². The summed E-state index contributed by atoms with van der Waals surface area (Å²) >= 11 is 0. The van der Waals surface area contributed by atoms with Gasteiger partial charge in [-0.15, -0.1) is 0 Å². The molecule has 1 aromatic carbocycles. The number of hydrogen-bond acceptors (Lipinski definition) is 5. The molecule has 29 heavy (non-hydrogen) atoms. The van der Waals surface area contributed by atoms with Gasteiger partial charge < -0.3 is 14.8 Å². The molecule has 0 aliphatic heterocycles. The first kappa shape index (κ1) is 20.6. The lowest BCUT2D eigenvalue weighted by atomic mass is 10.1. The second-order valence-electron chi connectivity index (χ2n) is 6.97. The number of aromatic nitrogens is 3. The zero-order chi connectivity index (χ0) is 20.8.